The van der Waals surface area contributed by atoms with Crippen molar-refractivity contribution in [3.63, 3.8) is 0 Å². The van der Waals surface area contributed by atoms with E-state index in [0.29, 0.717) is 33.6 Å². The molecule has 0 fully saturated rings. The van der Waals surface area contributed by atoms with Crippen molar-refractivity contribution < 1.29 is 23.9 Å². The summed E-state index contributed by atoms with van der Waals surface area (Å²) in [6.07, 6.45) is 2.70. The van der Waals surface area contributed by atoms with E-state index in [1.165, 1.54) is 25.4 Å². The number of fused-ring (bicyclic) bond motifs is 1. The molecule has 8 nitrogen and oxygen atoms in total. The number of carbonyl (C=O) groups excluding carboxylic acids is 3. The van der Waals surface area contributed by atoms with Gasteiger partial charge in [-0.1, -0.05) is 6.92 Å². The van der Waals surface area contributed by atoms with E-state index < -0.39 is 12.0 Å². The summed E-state index contributed by atoms with van der Waals surface area (Å²) in [4.78, 5) is 38.3. The molecule has 1 heterocycles. The van der Waals surface area contributed by atoms with E-state index in [1.54, 1.807) is 32.0 Å². The third-order valence-electron chi connectivity index (χ3n) is 5.51. The van der Waals surface area contributed by atoms with Crippen LogP contribution in [0.5, 0.6) is 5.75 Å². The smallest absolute Gasteiger partial charge is 0.341 e. The summed E-state index contributed by atoms with van der Waals surface area (Å²) in [6.45, 7) is 7.38. The highest BCUT2D eigenvalue weighted by Crippen LogP contribution is 2.40. The number of amides is 2. The number of esters is 1. The molecule has 0 aliphatic heterocycles. The highest BCUT2D eigenvalue weighted by Gasteiger charge is 2.30. The molecule has 2 atom stereocenters. The summed E-state index contributed by atoms with van der Waals surface area (Å²) in [5, 5.41) is 9.32. The van der Waals surface area contributed by atoms with Crippen LogP contribution in [0.3, 0.4) is 0 Å². The van der Waals surface area contributed by atoms with Gasteiger partial charge in [0.2, 0.25) is 11.8 Å². The lowest BCUT2D eigenvalue weighted by atomic mass is 9.88. The molecule has 2 amide bonds. The Balaban J connectivity index is 1.81. The van der Waals surface area contributed by atoms with Crippen LogP contribution in [0, 0.1) is 5.92 Å². The Bertz CT molecular complexity index is 1050. The second-order valence-corrected chi connectivity index (χ2v) is 9.33. The monoisotopic (exact) mass is 473 g/mol. The van der Waals surface area contributed by atoms with Gasteiger partial charge in [0, 0.05) is 17.5 Å². The van der Waals surface area contributed by atoms with Gasteiger partial charge in [-0.15, -0.1) is 11.3 Å². The Morgan fingerprint density at radius 1 is 1.24 bits per heavy atom. The maximum absolute atomic E-state index is 13.1. The second kappa shape index (κ2) is 10.7. The standard InChI is InChI=1S/C24H31N3O5S/c1-6-32-24(30)21-17-9-7-13(2)11-20(17)33-23(21)27-22(29)14(3)25-18-12-16(26-15(4)28)8-10-19(18)31-5/h8,10,12-14,25H,6-7,9,11H2,1-5H3,(H,26,28)(H,27,29)/t13-,14+/m0/s1. The van der Waals surface area contributed by atoms with Crippen LogP contribution in [0.1, 0.15) is 54.9 Å². The minimum absolute atomic E-state index is 0.195. The zero-order chi connectivity index (χ0) is 24.1. The summed E-state index contributed by atoms with van der Waals surface area (Å²) >= 11 is 1.46. The number of thiophene rings is 1. The molecule has 1 aromatic carbocycles. The fraction of sp³-hybridized carbons (Fsp3) is 0.458. The third-order valence-corrected chi connectivity index (χ3v) is 6.68. The first-order valence-electron chi connectivity index (χ1n) is 11.1. The Hall–Kier alpha value is -3.07. The van der Waals surface area contributed by atoms with Gasteiger partial charge in [0.05, 0.1) is 25.0 Å². The Kier molecular flexibility index (Phi) is 7.97. The number of methoxy groups -OCH3 is 1. The molecule has 0 unspecified atom stereocenters. The third kappa shape index (κ3) is 5.84. The Labute approximate surface area is 198 Å². The van der Waals surface area contributed by atoms with Crippen LogP contribution in [0.25, 0.3) is 0 Å². The van der Waals surface area contributed by atoms with Gasteiger partial charge in [-0.2, -0.15) is 0 Å². The molecule has 1 aliphatic rings. The highest BCUT2D eigenvalue weighted by atomic mass is 32.1. The predicted molar refractivity (Wildman–Crippen MR) is 130 cm³/mol. The van der Waals surface area contributed by atoms with Crippen molar-refractivity contribution in [2.24, 2.45) is 5.92 Å². The maximum Gasteiger partial charge on any atom is 0.341 e. The Morgan fingerprint density at radius 2 is 2.00 bits per heavy atom. The van der Waals surface area contributed by atoms with Gasteiger partial charge in [-0.05, 0) is 62.8 Å². The first kappa shape index (κ1) is 24.6. The summed E-state index contributed by atoms with van der Waals surface area (Å²) in [7, 11) is 1.53. The quantitative estimate of drug-likeness (QED) is 0.489. The molecular formula is C24H31N3O5S. The molecule has 2 aromatic rings. The fourth-order valence-corrected chi connectivity index (χ4v) is 5.28. The summed E-state index contributed by atoms with van der Waals surface area (Å²) in [5.74, 6) is 0.193. The predicted octanol–water partition coefficient (Wildman–Crippen LogP) is 4.46. The van der Waals surface area contributed by atoms with E-state index >= 15 is 0 Å². The fourth-order valence-electron chi connectivity index (χ4n) is 3.88. The molecule has 178 valence electrons. The molecule has 0 radical (unpaired) electrons. The van der Waals surface area contributed by atoms with E-state index in [1.807, 2.05) is 0 Å². The van der Waals surface area contributed by atoms with Crippen molar-refractivity contribution in [3.05, 3.63) is 34.2 Å². The van der Waals surface area contributed by atoms with Crippen molar-refractivity contribution in [1.29, 1.82) is 0 Å². The SMILES string of the molecule is CCOC(=O)c1c(NC(=O)[C@@H](C)Nc2cc(NC(C)=O)ccc2OC)sc2c1CC[C@H](C)C2. The number of ether oxygens (including phenoxy) is 2. The van der Waals surface area contributed by atoms with Crippen molar-refractivity contribution in [3.8, 4) is 5.75 Å². The highest BCUT2D eigenvalue weighted by molar-refractivity contribution is 7.17. The van der Waals surface area contributed by atoms with Crippen LogP contribution in [-0.2, 0) is 27.2 Å². The molecule has 33 heavy (non-hydrogen) atoms. The largest absolute Gasteiger partial charge is 0.495 e. The van der Waals surface area contributed by atoms with E-state index in [-0.39, 0.29) is 18.4 Å². The van der Waals surface area contributed by atoms with Crippen molar-refractivity contribution in [2.45, 2.75) is 53.0 Å². The molecule has 0 spiro atoms. The van der Waals surface area contributed by atoms with Crippen LogP contribution in [-0.4, -0.2) is 37.5 Å². The van der Waals surface area contributed by atoms with Crippen LogP contribution < -0.4 is 20.7 Å². The van der Waals surface area contributed by atoms with E-state index in [0.717, 1.165) is 29.7 Å². The molecule has 3 N–H and O–H groups in total. The van der Waals surface area contributed by atoms with Crippen LogP contribution in [0.15, 0.2) is 18.2 Å². The number of hydrogen-bond acceptors (Lipinski definition) is 7. The zero-order valence-electron chi connectivity index (χ0n) is 19.7. The van der Waals surface area contributed by atoms with Gasteiger partial charge in [-0.3, -0.25) is 9.59 Å². The zero-order valence-corrected chi connectivity index (χ0v) is 20.5. The summed E-state index contributed by atoms with van der Waals surface area (Å²) in [5.41, 5.74) is 2.63. The van der Waals surface area contributed by atoms with Crippen molar-refractivity contribution in [1.82, 2.24) is 0 Å². The first-order valence-corrected chi connectivity index (χ1v) is 11.9. The number of rotatable bonds is 8. The minimum Gasteiger partial charge on any atom is -0.495 e. The molecule has 0 bridgehead atoms. The normalized spacial score (nSPS) is 15.7. The lowest BCUT2D eigenvalue weighted by Gasteiger charge is -2.19. The molecule has 1 aromatic heterocycles. The molecule has 1 aliphatic carbocycles. The lowest BCUT2D eigenvalue weighted by Crippen LogP contribution is -2.32. The van der Waals surface area contributed by atoms with Crippen molar-refractivity contribution in [2.75, 3.05) is 29.7 Å². The van der Waals surface area contributed by atoms with Gasteiger partial charge in [0.15, 0.2) is 0 Å². The van der Waals surface area contributed by atoms with Crippen LogP contribution >= 0.6 is 11.3 Å². The first-order chi connectivity index (χ1) is 15.7. The number of anilines is 3. The molecule has 9 heteroatoms. The van der Waals surface area contributed by atoms with Crippen LogP contribution in [0.4, 0.5) is 16.4 Å². The van der Waals surface area contributed by atoms with Gasteiger partial charge in [0.25, 0.3) is 0 Å². The van der Waals surface area contributed by atoms with Gasteiger partial charge in [0.1, 0.15) is 16.8 Å². The molecular weight excluding hydrogens is 442 g/mol. The van der Waals surface area contributed by atoms with Gasteiger partial charge < -0.3 is 25.4 Å². The lowest BCUT2D eigenvalue weighted by molar-refractivity contribution is -0.116. The number of carbonyl (C=O) groups is 3. The van der Waals surface area contributed by atoms with E-state index in [4.69, 9.17) is 9.47 Å². The van der Waals surface area contributed by atoms with Gasteiger partial charge in [-0.25, -0.2) is 4.79 Å². The summed E-state index contributed by atoms with van der Waals surface area (Å²) < 4.78 is 10.7. The second-order valence-electron chi connectivity index (χ2n) is 8.23. The van der Waals surface area contributed by atoms with Crippen molar-refractivity contribution >= 4 is 45.5 Å². The van der Waals surface area contributed by atoms with Crippen LogP contribution in [0.2, 0.25) is 0 Å². The maximum atomic E-state index is 13.1. The van der Waals surface area contributed by atoms with E-state index in [2.05, 4.69) is 22.9 Å². The molecule has 0 saturated heterocycles. The van der Waals surface area contributed by atoms with E-state index in [9.17, 15) is 14.4 Å². The molecule has 0 saturated carbocycles. The summed E-state index contributed by atoms with van der Waals surface area (Å²) in [6, 6.07) is 4.50. The number of nitrogens with one attached hydrogen (secondary N) is 3. The Morgan fingerprint density at radius 3 is 2.67 bits per heavy atom. The topological polar surface area (TPSA) is 106 Å². The number of hydrogen-bond donors (Lipinski definition) is 3. The van der Waals surface area contributed by atoms with Gasteiger partial charge >= 0.3 is 5.97 Å². The average molecular weight is 474 g/mol. The minimum atomic E-state index is -0.639. The molecule has 3 rings (SSSR count). The number of benzene rings is 1. The average Bonchev–Trinajstić information content (AvgIpc) is 3.10.